The Balaban J connectivity index is 1.68. The molecule has 1 aliphatic heterocycles. The summed E-state index contributed by atoms with van der Waals surface area (Å²) in [6.45, 7) is 2.69. The molecule has 1 fully saturated rings. The van der Waals surface area contributed by atoms with Gasteiger partial charge in [-0.3, -0.25) is 9.69 Å². The molecule has 1 heterocycles. The van der Waals surface area contributed by atoms with E-state index in [1.165, 1.54) is 29.3 Å². The number of rotatable bonds is 7. The molecule has 1 saturated heterocycles. The number of amides is 1. The predicted octanol–water partition coefficient (Wildman–Crippen LogP) is 4.95. The molecule has 0 aliphatic carbocycles. The van der Waals surface area contributed by atoms with Crippen molar-refractivity contribution in [3.63, 3.8) is 0 Å². The molecule has 0 bridgehead atoms. The van der Waals surface area contributed by atoms with Crippen LogP contribution in [0.2, 0.25) is 5.02 Å². The lowest BCUT2D eigenvalue weighted by Crippen LogP contribution is -2.22. The lowest BCUT2D eigenvalue weighted by atomic mass is 10.2. The molecule has 3 rings (SSSR count). The molecule has 8 heteroatoms. The van der Waals surface area contributed by atoms with E-state index < -0.39 is 0 Å². The lowest BCUT2D eigenvalue weighted by molar-refractivity contribution is -0.121. The summed E-state index contributed by atoms with van der Waals surface area (Å²) in [6, 6.07) is 11.3. The molecule has 0 saturated carbocycles. The van der Waals surface area contributed by atoms with Crippen LogP contribution < -0.4 is 14.2 Å². The van der Waals surface area contributed by atoms with Crippen LogP contribution >= 0.6 is 35.6 Å². The summed E-state index contributed by atoms with van der Waals surface area (Å²) < 4.78 is 17.4. The maximum atomic E-state index is 12.2. The molecule has 152 valence electrons. The summed E-state index contributed by atoms with van der Waals surface area (Å²) in [5, 5.41) is 0.387. The Labute approximate surface area is 184 Å². The molecule has 0 radical (unpaired) electrons. The highest BCUT2D eigenvalue weighted by Crippen LogP contribution is 2.38. The van der Waals surface area contributed by atoms with E-state index in [0.717, 1.165) is 11.3 Å². The van der Waals surface area contributed by atoms with Crippen LogP contribution in [0, 0.1) is 6.92 Å². The van der Waals surface area contributed by atoms with Gasteiger partial charge in [0, 0.05) is 7.05 Å². The predicted molar refractivity (Wildman–Crippen MR) is 121 cm³/mol. The van der Waals surface area contributed by atoms with Gasteiger partial charge in [-0.1, -0.05) is 53.3 Å². The molecule has 0 spiro atoms. The summed E-state index contributed by atoms with van der Waals surface area (Å²) in [5.41, 5.74) is 1.90. The zero-order valence-corrected chi connectivity index (χ0v) is 18.6. The second-order valence-electron chi connectivity index (χ2n) is 6.28. The van der Waals surface area contributed by atoms with Crippen molar-refractivity contribution in [1.29, 1.82) is 0 Å². The van der Waals surface area contributed by atoms with Gasteiger partial charge in [-0.05, 0) is 42.8 Å². The van der Waals surface area contributed by atoms with Crippen LogP contribution in [0.5, 0.6) is 17.2 Å². The van der Waals surface area contributed by atoms with Gasteiger partial charge in [-0.2, -0.15) is 0 Å². The van der Waals surface area contributed by atoms with Crippen molar-refractivity contribution in [1.82, 2.24) is 4.90 Å². The number of thiocarbonyl (C=S) groups is 1. The van der Waals surface area contributed by atoms with Gasteiger partial charge in [-0.15, -0.1) is 0 Å². The van der Waals surface area contributed by atoms with E-state index in [2.05, 4.69) is 0 Å². The second-order valence-corrected chi connectivity index (χ2v) is 8.37. The summed E-state index contributed by atoms with van der Waals surface area (Å²) in [6.07, 6.45) is 1.74. The third kappa shape index (κ3) is 5.23. The van der Waals surface area contributed by atoms with Crippen molar-refractivity contribution in [3.8, 4) is 17.2 Å². The number of methoxy groups -OCH3 is 1. The Morgan fingerprint density at radius 1 is 1.17 bits per heavy atom. The third-order valence-electron chi connectivity index (χ3n) is 4.16. The van der Waals surface area contributed by atoms with E-state index in [-0.39, 0.29) is 5.91 Å². The SMILES string of the molecule is COc1cc(/C=C2\SC(=S)N(C)C2=O)cc(Cl)c1OCCOc1ccc(C)cc1. The summed E-state index contributed by atoms with van der Waals surface area (Å²) in [4.78, 5) is 14.2. The number of carbonyl (C=O) groups excluding carboxylic acids is 1. The maximum absolute atomic E-state index is 12.2. The number of aryl methyl sites for hydroxylation is 1. The Kier molecular flexibility index (Phi) is 7.05. The zero-order chi connectivity index (χ0) is 21.0. The van der Waals surface area contributed by atoms with Gasteiger partial charge >= 0.3 is 0 Å². The molecule has 0 aromatic heterocycles. The van der Waals surface area contributed by atoms with Gasteiger partial charge < -0.3 is 14.2 Å². The fourth-order valence-electron chi connectivity index (χ4n) is 2.60. The van der Waals surface area contributed by atoms with E-state index in [9.17, 15) is 4.79 Å². The number of ether oxygens (including phenoxy) is 3. The normalized spacial score (nSPS) is 15.2. The molecule has 0 N–H and O–H groups in total. The molecular weight excluding hydrogens is 430 g/mol. The minimum atomic E-state index is -0.135. The molecule has 1 aliphatic rings. The molecule has 29 heavy (non-hydrogen) atoms. The largest absolute Gasteiger partial charge is 0.493 e. The van der Waals surface area contributed by atoms with Gasteiger partial charge in [0.1, 0.15) is 23.3 Å². The molecular formula is C21H20ClNO4S2. The number of carbonyl (C=O) groups is 1. The van der Waals surface area contributed by atoms with Crippen molar-refractivity contribution in [2.45, 2.75) is 6.92 Å². The molecule has 2 aromatic rings. The standard InChI is InChI=1S/C21H20ClNO4S2/c1-13-4-6-15(7-5-13)26-8-9-27-19-16(22)10-14(11-17(19)25-3)12-18-20(24)23(2)21(28)29-18/h4-7,10-12H,8-9H2,1-3H3/b18-12-. The molecule has 0 atom stereocenters. The number of hydrogen-bond donors (Lipinski definition) is 0. The summed E-state index contributed by atoms with van der Waals surface area (Å²) >= 11 is 12.8. The van der Waals surface area contributed by atoms with Crippen molar-refractivity contribution in [2.75, 3.05) is 27.4 Å². The summed E-state index contributed by atoms with van der Waals surface area (Å²) in [7, 11) is 3.19. The second kappa shape index (κ2) is 9.52. The number of thioether (sulfide) groups is 1. The maximum Gasteiger partial charge on any atom is 0.265 e. The minimum absolute atomic E-state index is 0.135. The smallest absolute Gasteiger partial charge is 0.265 e. The first-order valence-corrected chi connectivity index (χ1v) is 10.4. The topological polar surface area (TPSA) is 48.0 Å². The van der Waals surface area contributed by atoms with Crippen molar-refractivity contribution < 1.29 is 19.0 Å². The number of benzene rings is 2. The van der Waals surface area contributed by atoms with Crippen LogP contribution in [-0.2, 0) is 4.79 Å². The Morgan fingerprint density at radius 3 is 2.48 bits per heavy atom. The van der Waals surface area contributed by atoms with Crippen LogP contribution in [0.4, 0.5) is 0 Å². The zero-order valence-electron chi connectivity index (χ0n) is 16.2. The molecule has 5 nitrogen and oxygen atoms in total. The quantitative estimate of drug-likeness (QED) is 0.339. The number of likely N-dealkylation sites (N-methyl/N-ethyl adjacent to an activating group) is 1. The highest BCUT2D eigenvalue weighted by Gasteiger charge is 2.28. The fourth-order valence-corrected chi connectivity index (χ4v) is 4.05. The van der Waals surface area contributed by atoms with Gasteiger partial charge in [0.25, 0.3) is 5.91 Å². The first-order chi connectivity index (χ1) is 13.9. The van der Waals surface area contributed by atoms with E-state index in [1.54, 1.807) is 25.3 Å². The van der Waals surface area contributed by atoms with E-state index in [1.807, 2.05) is 31.2 Å². The number of nitrogens with zero attached hydrogens (tertiary/aromatic N) is 1. The molecule has 0 unspecified atom stereocenters. The number of halogens is 1. The van der Waals surface area contributed by atoms with Crippen LogP contribution in [0.25, 0.3) is 6.08 Å². The third-order valence-corrected chi connectivity index (χ3v) is 5.92. The van der Waals surface area contributed by atoms with Gasteiger partial charge in [-0.25, -0.2) is 0 Å². The lowest BCUT2D eigenvalue weighted by Gasteiger charge is -2.14. The fraction of sp³-hybridized carbons (Fsp3) is 0.238. The molecule has 2 aromatic carbocycles. The summed E-state index contributed by atoms with van der Waals surface area (Å²) in [5.74, 6) is 1.55. The van der Waals surface area contributed by atoms with E-state index in [0.29, 0.717) is 39.0 Å². The Bertz CT molecular complexity index is 960. The monoisotopic (exact) mass is 449 g/mol. The first kappa shape index (κ1) is 21.5. The average Bonchev–Trinajstić information content (AvgIpc) is 2.94. The number of hydrogen-bond acceptors (Lipinski definition) is 6. The minimum Gasteiger partial charge on any atom is -0.493 e. The van der Waals surface area contributed by atoms with E-state index in [4.69, 9.17) is 38.0 Å². The van der Waals surface area contributed by atoms with Crippen LogP contribution in [0.3, 0.4) is 0 Å². The first-order valence-electron chi connectivity index (χ1n) is 8.80. The van der Waals surface area contributed by atoms with Crippen LogP contribution in [0.15, 0.2) is 41.3 Å². The van der Waals surface area contributed by atoms with Gasteiger partial charge in [0.05, 0.1) is 17.0 Å². The molecule has 1 amide bonds. The van der Waals surface area contributed by atoms with Crippen LogP contribution in [-0.4, -0.2) is 42.5 Å². The van der Waals surface area contributed by atoms with Crippen molar-refractivity contribution >= 4 is 51.9 Å². The Hall–Kier alpha value is -2.22. The Morgan fingerprint density at radius 2 is 1.86 bits per heavy atom. The van der Waals surface area contributed by atoms with Crippen molar-refractivity contribution in [3.05, 3.63) is 57.5 Å². The van der Waals surface area contributed by atoms with Gasteiger partial charge in [0.15, 0.2) is 11.5 Å². The highest BCUT2D eigenvalue weighted by atomic mass is 35.5. The van der Waals surface area contributed by atoms with Crippen molar-refractivity contribution in [2.24, 2.45) is 0 Å². The average molecular weight is 450 g/mol. The van der Waals surface area contributed by atoms with Crippen LogP contribution in [0.1, 0.15) is 11.1 Å². The highest BCUT2D eigenvalue weighted by molar-refractivity contribution is 8.26. The van der Waals surface area contributed by atoms with Gasteiger partial charge in [0.2, 0.25) is 0 Å². The van der Waals surface area contributed by atoms with E-state index >= 15 is 0 Å².